The number of nitrogens with one attached hydrogen (secondary N) is 1. The number of carbonyl (C=O) groups is 2. The summed E-state index contributed by atoms with van der Waals surface area (Å²) >= 11 is 0. The summed E-state index contributed by atoms with van der Waals surface area (Å²) in [5.41, 5.74) is 0.545. The number of hydrogen-bond acceptors (Lipinski definition) is 3. The van der Waals surface area contributed by atoms with Gasteiger partial charge in [-0.3, -0.25) is 9.59 Å². The molecule has 0 saturated carbocycles. The normalized spacial score (nSPS) is 19.6. The molecule has 1 aliphatic rings. The molecule has 1 fully saturated rings. The summed E-state index contributed by atoms with van der Waals surface area (Å²) in [7, 11) is 0. The first-order valence-electron chi connectivity index (χ1n) is 5.86. The maximum atomic E-state index is 14.0. The highest BCUT2D eigenvalue weighted by Gasteiger charge is 2.29. The molecule has 5 heteroatoms. The van der Waals surface area contributed by atoms with Gasteiger partial charge in [0.05, 0.1) is 5.69 Å². The number of carbonyl (C=O) groups excluding carboxylic acids is 2. The lowest BCUT2D eigenvalue weighted by Gasteiger charge is -2.35. The number of hydrogen-bond donors (Lipinski definition) is 1. The third-order valence-corrected chi connectivity index (χ3v) is 3.15. The molecule has 96 valence electrons. The van der Waals surface area contributed by atoms with Crippen LogP contribution in [0.4, 0.5) is 10.1 Å². The number of para-hydroxylation sites is 1. The Bertz CT molecular complexity index is 502. The van der Waals surface area contributed by atoms with Crippen molar-refractivity contribution in [2.45, 2.75) is 19.9 Å². The molecule has 0 bridgehead atoms. The number of nitrogens with zero attached hydrogens (tertiary/aromatic N) is 1. The highest BCUT2D eigenvalue weighted by atomic mass is 19.1. The first-order valence-corrected chi connectivity index (χ1v) is 5.86. The van der Waals surface area contributed by atoms with Crippen molar-refractivity contribution in [1.29, 1.82) is 0 Å². The van der Waals surface area contributed by atoms with E-state index in [-0.39, 0.29) is 17.4 Å². The summed E-state index contributed by atoms with van der Waals surface area (Å²) in [4.78, 5) is 24.8. The van der Waals surface area contributed by atoms with Crippen LogP contribution in [0.5, 0.6) is 0 Å². The number of piperazine rings is 1. The van der Waals surface area contributed by atoms with E-state index in [4.69, 9.17) is 0 Å². The van der Waals surface area contributed by atoms with Crippen molar-refractivity contribution in [3.63, 3.8) is 0 Å². The highest BCUT2D eigenvalue weighted by molar-refractivity contribution is 6.01. The van der Waals surface area contributed by atoms with Crippen LogP contribution in [0.25, 0.3) is 0 Å². The summed E-state index contributed by atoms with van der Waals surface area (Å²) in [5.74, 6) is -0.828. The Morgan fingerprint density at radius 3 is 2.89 bits per heavy atom. The van der Waals surface area contributed by atoms with Crippen LogP contribution in [-0.2, 0) is 4.79 Å². The SMILES string of the molecule is CC(=O)c1cccc(F)c1N1CCNC(=O)C1C. The van der Waals surface area contributed by atoms with Gasteiger partial charge < -0.3 is 10.2 Å². The minimum atomic E-state index is -0.478. The molecule has 2 rings (SSSR count). The Hall–Kier alpha value is -1.91. The van der Waals surface area contributed by atoms with Gasteiger partial charge in [-0.1, -0.05) is 6.07 Å². The van der Waals surface area contributed by atoms with E-state index >= 15 is 0 Å². The monoisotopic (exact) mass is 250 g/mol. The maximum Gasteiger partial charge on any atom is 0.242 e. The molecule has 0 aliphatic carbocycles. The van der Waals surface area contributed by atoms with Gasteiger partial charge in [0.25, 0.3) is 0 Å². The first-order chi connectivity index (χ1) is 8.52. The molecule has 1 heterocycles. The van der Waals surface area contributed by atoms with Gasteiger partial charge >= 0.3 is 0 Å². The second-order valence-corrected chi connectivity index (χ2v) is 4.35. The fraction of sp³-hybridized carbons (Fsp3) is 0.385. The van der Waals surface area contributed by atoms with Gasteiger partial charge in [-0.2, -0.15) is 0 Å². The molecule has 1 saturated heterocycles. The second kappa shape index (κ2) is 4.76. The van der Waals surface area contributed by atoms with E-state index in [0.29, 0.717) is 18.7 Å². The summed E-state index contributed by atoms with van der Waals surface area (Å²) in [6, 6.07) is 3.92. The maximum absolute atomic E-state index is 14.0. The Balaban J connectivity index is 2.49. The van der Waals surface area contributed by atoms with E-state index in [9.17, 15) is 14.0 Å². The molecule has 0 aromatic heterocycles. The summed E-state index contributed by atoms with van der Waals surface area (Å²) in [6.07, 6.45) is 0. The minimum absolute atomic E-state index is 0.154. The van der Waals surface area contributed by atoms with E-state index in [2.05, 4.69) is 5.32 Å². The van der Waals surface area contributed by atoms with Gasteiger partial charge in [-0.15, -0.1) is 0 Å². The molecule has 1 amide bonds. The van der Waals surface area contributed by atoms with E-state index in [1.54, 1.807) is 17.9 Å². The molecule has 0 spiro atoms. The number of halogens is 1. The van der Waals surface area contributed by atoms with Crippen LogP contribution >= 0.6 is 0 Å². The smallest absolute Gasteiger partial charge is 0.242 e. The average Bonchev–Trinajstić information content (AvgIpc) is 2.33. The van der Waals surface area contributed by atoms with Crippen LogP contribution in [0.2, 0.25) is 0 Å². The first kappa shape index (κ1) is 12.5. The van der Waals surface area contributed by atoms with Crippen molar-refractivity contribution in [2.75, 3.05) is 18.0 Å². The molecular weight excluding hydrogens is 235 g/mol. The molecule has 1 unspecified atom stereocenters. The molecule has 0 radical (unpaired) electrons. The standard InChI is InChI=1S/C13H15FN2O2/c1-8-13(18)15-6-7-16(8)12-10(9(2)17)4-3-5-11(12)14/h3-5,8H,6-7H2,1-2H3,(H,15,18). The summed E-state index contributed by atoms with van der Waals surface area (Å²) < 4.78 is 14.0. The fourth-order valence-corrected chi connectivity index (χ4v) is 2.18. The Labute approximate surface area is 105 Å². The van der Waals surface area contributed by atoms with E-state index < -0.39 is 11.9 Å². The van der Waals surface area contributed by atoms with Crippen LogP contribution in [0.1, 0.15) is 24.2 Å². The van der Waals surface area contributed by atoms with Gasteiger partial charge in [-0.25, -0.2) is 4.39 Å². The fourth-order valence-electron chi connectivity index (χ4n) is 2.18. The zero-order valence-corrected chi connectivity index (χ0v) is 10.4. The molecular formula is C13H15FN2O2. The quantitative estimate of drug-likeness (QED) is 0.806. The largest absolute Gasteiger partial charge is 0.355 e. The summed E-state index contributed by atoms with van der Waals surface area (Å²) in [6.45, 7) is 4.04. The number of ketones is 1. The van der Waals surface area contributed by atoms with Crippen LogP contribution in [0.15, 0.2) is 18.2 Å². The average molecular weight is 250 g/mol. The second-order valence-electron chi connectivity index (χ2n) is 4.35. The van der Waals surface area contributed by atoms with Crippen molar-refractivity contribution in [3.8, 4) is 0 Å². The van der Waals surface area contributed by atoms with Crippen LogP contribution in [-0.4, -0.2) is 30.8 Å². The molecule has 4 nitrogen and oxygen atoms in total. The Morgan fingerprint density at radius 2 is 2.22 bits per heavy atom. The van der Waals surface area contributed by atoms with Gasteiger partial charge in [0.2, 0.25) is 5.91 Å². The molecule has 1 aliphatic heterocycles. The van der Waals surface area contributed by atoms with Gasteiger partial charge in [0.15, 0.2) is 5.78 Å². The lowest BCUT2D eigenvalue weighted by atomic mass is 10.0. The number of Topliss-reactive ketones (excluding diaryl/α,β-unsaturated/α-hetero) is 1. The molecule has 1 atom stereocenters. The summed E-state index contributed by atoms with van der Waals surface area (Å²) in [5, 5.41) is 2.71. The predicted molar refractivity (Wildman–Crippen MR) is 66.2 cm³/mol. The predicted octanol–water partition coefficient (Wildman–Crippen LogP) is 1.35. The van der Waals surface area contributed by atoms with Crippen molar-refractivity contribution in [3.05, 3.63) is 29.6 Å². The number of anilines is 1. The van der Waals surface area contributed by atoms with E-state index in [0.717, 1.165) is 0 Å². The number of amides is 1. The topological polar surface area (TPSA) is 49.4 Å². The van der Waals surface area contributed by atoms with E-state index in [1.807, 2.05) is 0 Å². The van der Waals surface area contributed by atoms with Crippen molar-refractivity contribution in [1.82, 2.24) is 5.32 Å². The van der Waals surface area contributed by atoms with E-state index in [1.165, 1.54) is 19.1 Å². The van der Waals surface area contributed by atoms with Gasteiger partial charge in [-0.05, 0) is 26.0 Å². The molecule has 1 aromatic rings. The number of rotatable bonds is 2. The Kier molecular flexibility index (Phi) is 3.32. The van der Waals surface area contributed by atoms with Gasteiger partial charge in [0.1, 0.15) is 11.9 Å². The van der Waals surface area contributed by atoms with Crippen molar-refractivity contribution < 1.29 is 14.0 Å². The third kappa shape index (κ3) is 2.08. The zero-order valence-electron chi connectivity index (χ0n) is 10.4. The lowest BCUT2D eigenvalue weighted by molar-refractivity contribution is -0.122. The zero-order chi connectivity index (χ0) is 13.3. The van der Waals surface area contributed by atoms with Crippen molar-refractivity contribution in [2.24, 2.45) is 0 Å². The number of benzene rings is 1. The highest BCUT2D eigenvalue weighted by Crippen LogP contribution is 2.27. The third-order valence-electron chi connectivity index (χ3n) is 3.15. The molecule has 1 N–H and O–H groups in total. The lowest BCUT2D eigenvalue weighted by Crippen LogP contribution is -2.54. The van der Waals surface area contributed by atoms with Crippen molar-refractivity contribution >= 4 is 17.4 Å². The Morgan fingerprint density at radius 1 is 1.50 bits per heavy atom. The molecule has 1 aromatic carbocycles. The van der Waals surface area contributed by atoms with Crippen LogP contribution in [0.3, 0.4) is 0 Å². The molecule has 18 heavy (non-hydrogen) atoms. The van der Waals surface area contributed by atoms with Gasteiger partial charge in [0, 0.05) is 18.7 Å². The minimum Gasteiger partial charge on any atom is -0.355 e. The van der Waals surface area contributed by atoms with Crippen LogP contribution in [0, 0.1) is 5.82 Å². The van der Waals surface area contributed by atoms with Crippen LogP contribution < -0.4 is 10.2 Å².